The zero-order valence-corrected chi connectivity index (χ0v) is 8.08. The molecule has 0 radical (unpaired) electrons. The Morgan fingerprint density at radius 2 is 2.38 bits per heavy atom. The lowest BCUT2D eigenvalue weighted by Crippen LogP contribution is -2.29. The summed E-state index contributed by atoms with van der Waals surface area (Å²) >= 11 is 0. The van der Waals surface area contributed by atoms with Crippen molar-refractivity contribution in [3.63, 3.8) is 0 Å². The Morgan fingerprint density at radius 3 is 3.00 bits per heavy atom. The van der Waals surface area contributed by atoms with Gasteiger partial charge in [0.05, 0.1) is 17.8 Å². The third kappa shape index (κ3) is 1.54. The molecular formula is C9H15N3O. The van der Waals surface area contributed by atoms with Crippen molar-refractivity contribution in [3.05, 3.63) is 11.9 Å². The Bertz CT molecular complexity index is 288. The molecule has 0 saturated heterocycles. The molecule has 13 heavy (non-hydrogen) atoms. The number of hydrogen-bond acceptors (Lipinski definition) is 3. The Kier molecular flexibility index (Phi) is 1.80. The summed E-state index contributed by atoms with van der Waals surface area (Å²) in [6.45, 7) is 5.64. The Morgan fingerprint density at radius 1 is 1.62 bits per heavy atom. The van der Waals surface area contributed by atoms with Gasteiger partial charge in [0.15, 0.2) is 0 Å². The molecule has 2 heterocycles. The lowest BCUT2D eigenvalue weighted by atomic mass is 10.0. The summed E-state index contributed by atoms with van der Waals surface area (Å²) in [5, 5.41) is 0. The maximum absolute atomic E-state index is 5.94. The highest BCUT2D eigenvalue weighted by Crippen LogP contribution is 2.22. The van der Waals surface area contributed by atoms with Gasteiger partial charge in [-0.3, -0.25) is 0 Å². The molecule has 0 saturated carbocycles. The minimum absolute atomic E-state index is 0.381. The third-order valence-corrected chi connectivity index (χ3v) is 2.17. The van der Waals surface area contributed by atoms with Gasteiger partial charge >= 0.3 is 0 Å². The number of ether oxygens (including phenoxy) is 1. The van der Waals surface area contributed by atoms with Crippen molar-refractivity contribution in [1.29, 1.82) is 0 Å². The second-order valence-corrected chi connectivity index (χ2v) is 4.03. The lowest BCUT2D eigenvalue weighted by Gasteiger charge is -2.14. The van der Waals surface area contributed by atoms with E-state index in [1.54, 1.807) is 0 Å². The second-order valence-electron chi connectivity index (χ2n) is 4.03. The van der Waals surface area contributed by atoms with Crippen molar-refractivity contribution in [1.82, 2.24) is 9.55 Å². The molecule has 0 spiro atoms. The molecule has 0 atom stereocenters. The number of rotatable bonds is 1. The molecule has 4 nitrogen and oxygen atoms in total. The molecule has 1 aromatic heterocycles. The Labute approximate surface area is 77.7 Å². The van der Waals surface area contributed by atoms with Crippen LogP contribution >= 0.6 is 0 Å². The number of imidazole rings is 1. The molecule has 0 aliphatic carbocycles. The predicted octanol–water partition coefficient (Wildman–Crippen LogP) is 0.859. The predicted molar refractivity (Wildman–Crippen MR) is 49.6 cm³/mol. The molecular weight excluding hydrogens is 166 g/mol. The number of fused-ring (bicyclic) bond motifs is 1. The fourth-order valence-electron chi connectivity index (χ4n) is 1.38. The van der Waals surface area contributed by atoms with Crippen LogP contribution in [0.1, 0.15) is 26.0 Å². The Hall–Kier alpha value is -1.03. The van der Waals surface area contributed by atoms with Crippen LogP contribution in [0.5, 0.6) is 6.01 Å². The zero-order valence-electron chi connectivity index (χ0n) is 8.08. The third-order valence-electron chi connectivity index (χ3n) is 2.17. The van der Waals surface area contributed by atoms with Crippen LogP contribution < -0.4 is 10.5 Å². The van der Waals surface area contributed by atoms with Gasteiger partial charge in [-0.1, -0.05) is 0 Å². The van der Waals surface area contributed by atoms with Crippen molar-refractivity contribution < 1.29 is 4.74 Å². The van der Waals surface area contributed by atoms with Crippen LogP contribution in [0.4, 0.5) is 0 Å². The number of nitrogens with zero attached hydrogens (tertiary/aromatic N) is 2. The fourth-order valence-corrected chi connectivity index (χ4v) is 1.38. The molecule has 2 N–H and O–H groups in total. The first-order valence-corrected chi connectivity index (χ1v) is 4.57. The summed E-state index contributed by atoms with van der Waals surface area (Å²) in [7, 11) is 0. The van der Waals surface area contributed by atoms with Crippen molar-refractivity contribution >= 4 is 0 Å². The molecule has 72 valence electrons. The quantitative estimate of drug-likeness (QED) is 0.699. The maximum Gasteiger partial charge on any atom is 0.296 e. The van der Waals surface area contributed by atoms with Crippen LogP contribution in [0, 0.1) is 0 Å². The lowest BCUT2D eigenvalue weighted by molar-refractivity contribution is 0.230. The summed E-state index contributed by atoms with van der Waals surface area (Å²) in [6, 6.07) is 0.708. The molecule has 1 aliphatic heterocycles. The van der Waals surface area contributed by atoms with Gasteiger partial charge in [0.25, 0.3) is 6.01 Å². The van der Waals surface area contributed by atoms with E-state index in [1.165, 1.54) is 0 Å². The van der Waals surface area contributed by atoms with E-state index < -0.39 is 0 Å². The molecule has 1 aromatic rings. The highest BCUT2D eigenvalue weighted by atomic mass is 16.5. The first kappa shape index (κ1) is 8.56. The molecule has 2 rings (SSSR count). The van der Waals surface area contributed by atoms with Crippen molar-refractivity contribution in [3.8, 4) is 6.01 Å². The second kappa shape index (κ2) is 2.73. The van der Waals surface area contributed by atoms with Crippen molar-refractivity contribution in [2.45, 2.75) is 32.4 Å². The molecule has 0 fully saturated rings. The molecule has 0 aromatic carbocycles. The summed E-state index contributed by atoms with van der Waals surface area (Å²) in [5.74, 6) is 0. The number of nitrogens with two attached hydrogens (primary N) is 1. The molecule has 0 bridgehead atoms. The van der Waals surface area contributed by atoms with E-state index in [2.05, 4.69) is 4.98 Å². The van der Waals surface area contributed by atoms with E-state index in [0.717, 1.165) is 25.3 Å². The maximum atomic E-state index is 5.94. The summed E-state index contributed by atoms with van der Waals surface area (Å²) in [6.07, 6.45) is 3.03. The number of aryl methyl sites for hydroxylation is 1. The van der Waals surface area contributed by atoms with Crippen LogP contribution in [-0.2, 0) is 12.1 Å². The van der Waals surface area contributed by atoms with Gasteiger partial charge in [0.1, 0.15) is 0 Å². The normalized spacial score (nSPS) is 16.5. The van der Waals surface area contributed by atoms with Crippen LogP contribution in [0.15, 0.2) is 6.20 Å². The summed E-state index contributed by atoms with van der Waals surface area (Å²) in [4.78, 5) is 4.34. The highest BCUT2D eigenvalue weighted by Gasteiger charge is 2.22. The topological polar surface area (TPSA) is 53.1 Å². The summed E-state index contributed by atoms with van der Waals surface area (Å²) in [5.41, 5.74) is 6.45. The first-order valence-electron chi connectivity index (χ1n) is 4.57. The monoisotopic (exact) mass is 181 g/mol. The van der Waals surface area contributed by atoms with E-state index in [-0.39, 0.29) is 5.54 Å². The molecule has 0 unspecified atom stereocenters. The Balaban J connectivity index is 2.36. The molecule has 0 amide bonds. The molecule has 4 heteroatoms. The van der Waals surface area contributed by atoms with E-state index in [0.29, 0.717) is 6.01 Å². The van der Waals surface area contributed by atoms with Gasteiger partial charge in [0.2, 0.25) is 0 Å². The van der Waals surface area contributed by atoms with Gasteiger partial charge in [-0.2, -0.15) is 4.98 Å². The van der Waals surface area contributed by atoms with Gasteiger partial charge in [-0.25, -0.2) is 0 Å². The van der Waals surface area contributed by atoms with Crippen molar-refractivity contribution in [2.75, 3.05) is 6.61 Å². The minimum Gasteiger partial charge on any atom is -0.465 e. The largest absolute Gasteiger partial charge is 0.465 e. The minimum atomic E-state index is -0.381. The summed E-state index contributed by atoms with van der Waals surface area (Å²) < 4.78 is 7.42. The van der Waals surface area contributed by atoms with E-state index in [4.69, 9.17) is 10.5 Å². The van der Waals surface area contributed by atoms with Crippen LogP contribution in [-0.4, -0.2) is 16.2 Å². The standard InChI is InChI=1S/C9H15N3O/c1-9(2,10)7-6-12-4-3-5-13-8(12)11-7/h6H,3-5,10H2,1-2H3. The van der Waals surface area contributed by atoms with Gasteiger partial charge in [-0.15, -0.1) is 0 Å². The van der Waals surface area contributed by atoms with Crippen LogP contribution in [0.3, 0.4) is 0 Å². The smallest absolute Gasteiger partial charge is 0.296 e. The zero-order chi connectivity index (χ0) is 9.47. The van der Waals surface area contributed by atoms with E-state index in [9.17, 15) is 0 Å². The fraction of sp³-hybridized carbons (Fsp3) is 0.667. The van der Waals surface area contributed by atoms with E-state index >= 15 is 0 Å². The van der Waals surface area contributed by atoms with Gasteiger partial charge < -0.3 is 15.0 Å². The van der Waals surface area contributed by atoms with Crippen LogP contribution in [0.2, 0.25) is 0 Å². The molecule has 1 aliphatic rings. The SMILES string of the molecule is CC(C)(N)c1cn2c(n1)OCCC2. The first-order chi connectivity index (χ1) is 6.07. The number of aromatic nitrogens is 2. The average Bonchev–Trinajstić information content (AvgIpc) is 2.45. The van der Waals surface area contributed by atoms with E-state index in [1.807, 2.05) is 24.6 Å². The van der Waals surface area contributed by atoms with Crippen LogP contribution in [0.25, 0.3) is 0 Å². The van der Waals surface area contributed by atoms with Gasteiger partial charge in [0, 0.05) is 12.7 Å². The average molecular weight is 181 g/mol. The highest BCUT2D eigenvalue weighted by molar-refractivity contribution is 5.16. The van der Waals surface area contributed by atoms with Crippen molar-refractivity contribution in [2.24, 2.45) is 5.73 Å². The number of hydrogen-bond donors (Lipinski definition) is 1. The van der Waals surface area contributed by atoms with Gasteiger partial charge in [-0.05, 0) is 20.3 Å².